The molecule has 1 N–H and O–H groups in total. The number of halogens is 1. The number of hydrogen-bond donors (Lipinski definition) is 1. The Kier molecular flexibility index (Phi) is 6.16. The highest BCUT2D eigenvalue weighted by atomic mass is 35.5. The lowest BCUT2D eigenvalue weighted by Gasteiger charge is -2.17. The maximum Gasteiger partial charge on any atom is 0.242 e. The van der Waals surface area contributed by atoms with Crippen molar-refractivity contribution in [2.45, 2.75) is 17.3 Å². The predicted molar refractivity (Wildman–Crippen MR) is 121 cm³/mol. The van der Waals surface area contributed by atoms with Crippen LogP contribution in [0.15, 0.2) is 90.3 Å². The van der Waals surface area contributed by atoms with Crippen molar-refractivity contribution in [1.82, 2.24) is 14.8 Å². The van der Waals surface area contributed by atoms with Gasteiger partial charge in [-0.25, -0.2) is 0 Å². The zero-order chi connectivity index (χ0) is 20.9. The highest BCUT2D eigenvalue weighted by Gasteiger charge is 2.25. The summed E-state index contributed by atoms with van der Waals surface area (Å²) in [5, 5.41) is 12.0. The Balaban J connectivity index is 1.64. The number of aryl methyl sites for hydroxylation is 1. The highest BCUT2D eigenvalue weighted by molar-refractivity contribution is 8.00. The molecule has 0 radical (unpaired) electrons. The molecule has 5 nitrogen and oxygen atoms in total. The van der Waals surface area contributed by atoms with Crippen molar-refractivity contribution in [3.05, 3.63) is 101 Å². The van der Waals surface area contributed by atoms with E-state index in [9.17, 15) is 4.79 Å². The van der Waals surface area contributed by atoms with Crippen LogP contribution in [0.2, 0.25) is 5.02 Å². The number of amides is 1. The fourth-order valence-corrected chi connectivity index (χ4v) is 4.17. The Hall–Kier alpha value is -3.09. The molecule has 7 heteroatoms. The molecule has 0 saturated heterocycles. The number of para-hydroxylation sites is 1. The summed E-state index contributed by atoms with van der Waals surface area (Å²) < 4.78 is 1.87. The van der Waals surface area contributed by atoms with Crippen LogP contribution in [0.5, 0.6) is 0 Å². The molecule has 30 heavy (non-hydrogen) atoms. The molecule has 1 atom stereocenters. The summed E-state index contributed by atoms with van der Waals surface area (Å²) in [6.07, 6.45) is 1.65. The van der Waals surface area contributed by atoms with Crippen molar-refractivity contribution in [2.24, 2.45) is 0 Å². The lowest BCUT2D eigenvalue weighted by molar-refractivity contribution is -0.115. The smallest absolute Gasteiger partial charge is 0.242 e. The quantitative estimate of drug-likeness (QED) is 0.395. The molecule has 1 amide bonds. The van der Waals surface area contributed by atoms with Crippen LogP contribution < -0.4 is 5.32 Å². The number of rotatable bonds is 6. The second-order valence-corrected chi connectivity index (χ2v) is 8.16. The third kappa shape index (κ3) is 4.56. The summed E-state index contributed by atoms with van der Waals surface area (Å²) in [7, 11) is 0. The fourth-order valence-electron chi connectivity index (χ4n) is 2.96. The maximum absolute atomic E-state index is 13.3. The van der Waals surface area contributed by atoms with Gasteiger partial charge >= 0.3 is 0 Å². The lowest BCUT2D eigenvalue weighted by atomic mass is 10.1. The number of anilines is 1. The Morgan fingerprint density at radius 2 is 1.73 bits per heavy atom. The van der Waals surface area contributed by atoms with Gasteiger partial charge in [-0.1, -0.05) is 78.0 Å². The molecule has 1 aromatic heterocycles. The van der Waals surface area contributed by atoms with E-state index in [1.807, 2.05) is 84.3 Å². The van der Waals surface area contributed by atoms with Crippen LogP contribution in [0.1, 0.15) is 16.4 Å². The third-order valence-corrected chi connectivity index (χ3v) is 6.17. The average molecular weight is 435 g/mol. The first-order chi connectivity index (χ1) is 14.6. The zero-order valence-electron chi connectivity index (χ0n) is 16.2. The third-order valence-electron chi connectivity index (χ3n) is 4.55. The van der Waals surface area contributed by atoms with Gasteiger partial charge in [0.15, 0.2) is 5.16 Å². The second kappa shape index (κ2) is 9.15. The second-order valence-electron chi connectivity index (χ2n) is 6.68. The van der Waals surface area contributed by atoms with E-state index in [4.69, 9.17) is 11.6 Å². The molecule has 4 rings (SSSR count). The molecule has 0 fully saturated rings. The first kappa shape index (κ1) is 20.2. The Bertz CT molecular complexity index is 1150. The summed E-state index contributed by atoms with van der Waals surface area (Å²) in [6.45, 7) is 1.92. The van der Waals surface area contributed by atoms with E-state index in [1.54, 1.807) is 12.4 Å². The molecular formula is C23H19ClN4OS. The Morgan fingerprint density at radius 1 is 1.03 bits per heavy atom. The lowest BCUT2D eigenvalue weighted by Crippen LogP contribution is -2.19. The van der Waals surface area contributed by atoms with Gasteiger partial charge in [-0.3, -0.25) is 9.36 Å². The summed E-state index contributed by atoms with van der Waals surface area (Å²) in [4.78, 5) is 13.3. The minimum absolute atomic E-state index is 0.159. The molecule has 1 heterocycles. The fraction of sp³-hybridized carbons (Fsp3) is 0.0870. The summed E-state index contributed by atoms with van der Waals surface area (Å²) in [5.41, 5.74) is 3.42. The van der Waals surface area contributed by atoms with Gasteiger partial charge in [0.2, 0.25) is 5.91 Å². The SMILES string of the molecule is Cc1ccc(NC(=O)C(Sc2nncn2-c2ccccc2)c2ccccc2)cc1Cl. The molecule has 3 aromatic carbocycles. The van der Waals surface area contributed by atoms with E-state index >= 15 is 0 Å². The van der Waals surface area contributed by atoms with Crippen LogP contribution in [-0.4, -0.2) is 20.7 Å². The van der Waals surface area contributed by atoms with E-state index in [1.165, 1.54) is 11.8 Å². The van der Waals surface area contributed by atoms with Gasteiger partial charge in [0.1, 0.15) is 11.6 Å². The van der Waals surface area contributed by atoms with Crippen LogP contribution in [0.4, 0.5) is 5.69 Å². The van der Waals surface area contributed by atoms with E-state index < -0.39 is 5.25 Å². The molecule has 0 bridgehead atoms. The van der Waals surface area contributed by atoms with E-state index in [0.29, 0.717) is 15.9 Å². The van der Waals surface area contributed by atoms with Crippen LogP contribution in [0.3, 0.4) is 0 Å². The van der Waals surface area contributed by atoms with E-state index in [0.717, 1.165) is 16.8 Å². The Labute approximate surface area is 184 Å². The zero-order valence-corrected chi connectivity index (χ0v) is 17.8. The Morgan fingerprint density at radius 3 is 2.43 bits per heavy atom. The summed E-state index contributed by atoms with van der Waals surface area (Å²) in [6, 6.07) is 24.9. The van der Waals surface area contributed by atoms with Gasteiger partial charge in [0, 0.05) is 16.4 Å². The number of nitrogens with one attached hydrogen (secondary N) is 1. The summed E-state index contributed by atoms with van der Waals surface area (Å²) >= 11 is 7.57. The minimum Gasteiger partial charge on any atom is -0.325 e. The summed E-state index contributed by atoms with van der Waals surface area (Å²) in [5.74, 6) is -0.159. The van der Waals surface area contributed by atoms with Crippen molar-refractivity contribution < 1.29 is 4.79 Å². The monoisotopic (exact) mass is 434 g/mol. The first-order valence-electron chi connectivity index (χ1n) is 9.36. The standard InChI is InChI=1S/C23H19ClN4OS/c1-16-12-13-18(14-20(16)24)26-22(29)21(17-8-4-2-5-9-17)30-23-27-25-15-28(23)19-10-6-3-7-11-19/h2-15,21H,1H3,(H,26,29). The predicted octanol–water partition coefficient (Wildman–Crippen LogP) is 5.70. The highest BCUT2D eigenvalue weighted by Crippen LogP contribution is 2.36. The molecule has 0 aliphatic heterocycles. The molecule has 0 saturated carbocycles. The van der Waals surface area contributed by atoms with Crippen molar-refractivity contribution in [3.63, 3.8) is 0 Å². The van der Waals surface area contributed by atoms with Crippen LogP contribution >= 0.6 is 23.4 Å². The van der Waals surface area contributed by atoms with Crippen LogP contribution in [0, 0.1) is 6.92 Å². The molecule has 4 aromatic rings. The number of carbonyl (C=O) groups is 1. The van der Waals surface area contributed by atoms with Crippen molar-refractivity contribution in [3.8, 4) is 5.69 Å². The number of nitrogens with zero attached hydrogens (tertiary/aromatic N) is 3. The minimum atomic E-state index is -0.516. The number of benzene rings is 3. The first-order valence-corrected chi connectivity index (χ1v) is 10.6. The largest absolute Gasteiger partial charge is 0.325 e. The number of thioether (sulfide) groups is 1. The number of aromatic nitrogens is 3. The van der Waals surface area contributed by atoms with Gasteiger partial charge in [0.25, 0.3) is 0 Å². The van der Waals surface area contributed by atoms with Gasteiger partial charge in [0.05, 0.1) is 0 Å². The normalized spacial score (nSPS) is 11.8. The van der Waals surface area contributed by atoms with Gasteiger partial charge in [-0.05, 0) is 42.3 Å². The topological polar surface area (TPSA) is 59.8 Å². The molecule has 0 spiro atoms. The average Bonchev–Trinajstić information content (AvgIpc) is 3.24. The van der Waals surface area contributed by atoms with Crippen molar-refractivity contribution in [1.29, 1.82) is 0 Å². The molecule has 150 valence electrons. The van der Waals surface area contributed by atoms with Crippen LogP contribution in [0.25, 0.3) is 5.69 Å². The molecule has 1 unspecified atom stereocenters. The number of hydrogen-bond acceptors (Lipinski definition) is 4. The van der Waals surface area contributed by atoms with Gasteiger partial charge in [-0.15, -0.1) is 10.2 Å². The van der Waals surface area contributed by atoms with Crippen LogP contribution in [-0.2, 0) is 4.79 Å². The van der Waals surface area contributed by atoms with Gasteiger partial charge < -0.3 is 5.32 Å². The van der Waals surface area contributed by atoms with E-state index in [-0.39, 0.29) is 5.91 Å². The van der Waals surface area contributed by atoms with E-state index in [2.05, 4.69) is 15.5 Å². The number of carbonyl (C=O) groups excluding carboxylic acids is 1. The maximum atomic E-state index is 13.3. The van der Waals surface area contributed by atoms with Crippen molar-refractivity contribution >= 4 is 35.0 Å². The molecule has 0 aliphatic carbocycles. The van der Waals surface area contributed by atoms with Gasteiger partial charge in [-0.2, -0.15) is 0 Å². The van der Waals surface area contributed by atoms with Crippen molar-refractivity contribution in [2.75, 3.05) is 5.32 Å². The molecule has 0 aliphatic rings. The molecular weight excluding hydrogens is 416 g/mol.